The van der Waals surface area contributed by atoms with Gasteiger partial charge in [0.05, 0.1) is 4.90 Å². The summed E-state index contributed by atoms with van der Waals surface area (Å²) >= 11 is 0. The Morgan fingerprint density at radius 2 is 2.20 bits per heavy atom. The topological polar surface area (TPSA) is 114 Å². The molecular formula is C12H17N5O2S. The van der Waals surface area contributed by atoms with Gasteiger partial charge in [-0.2, -0.15) is 5.10 Å². The van der Waals surface area contributed by atoms with Crippen LogP contribution in [0.5, 0.6) is 0 Å². The lowest BCUT2D eigenvalue weighted by molar-refractivity contribution is 0.577. The smallest absolute Gasteiger partial charge is 0.240 e. The lowest BCUT2D eigenvalue weighted by atomic mass is 10.2. The van der Waals surface area contributed by atoms with E-state index in [9.17, 15) is 8.42 Å². The standard InChI is InChI=1S/C12H17N5O2S/c1-9-10(13)4-2-5-11(9)20(18,19)16-7-3-6-12-14-8-15-17-12/h2,4-5,8,16H,3,6-7,13H2,1H3,(H,14,15,17). The van der Waals surface area contributed by atoms with E-state index in [1.165, 1.54) is 6.33 Å². The third-order valence-electron chi connectivity index (χ3n) is 2.96. The van der Waals surface area contributed by atoms with Crippen molar-refractivity contribution in [2.75, 3.05) is 12.3 Å². The van der Waals surface area contributed by atoms with Crippen LogP contribution in [0.3, 0.4) is 0 Å². The summed E-state index contributed by atoms with van der Waals surface area (Å²) in [6.07, 6.45) is 2.70. The van der Waals surface area contributed by atoms with E-state index in [4.69, 9.17) is 5.73 Å². The number of rotatable bonds is 6. The number of hydrogen-bond donors (Lipinski definition) is 3. The molecule has 7 nitrogen and oxygen atoms in total. The first-order valence-corrected chi connectivity index (χ1v) is 7.68. The number of hydrogen-bond acceptors (Lipinski definition) is 5. The molecule has 0 aliphatic rings. The van der Waals surface area contributed by atoms with E-state index in [2.05, 4.69) is 19.9 Å². The zero-order valence-corrected chi connectivity index (χ0v) is 11.9. The third-order valence-corrected chi connectivity index (χ3v) is 4.57. The molecule has 0 spiro atoms. The lowest BCUT2D eigenvalue weighted by Crippen LogP contribution is -2.26. The second kappa shape index (κ2) is 6.02. The third kappa shape index (κ3) is 3.34. The normalized spacial score (nSPS) is 11.7. The van der Waals surface area contributed by atoms with Crippen molar-refractivity contribution in [3.8, 4) is 0 Å². The minimum Gasteiger partial charge on any atom is -0.398 e. The average molecular weight is 295 g/mol. The number of aromatic amines is 1. The first-order chi connectivity index (χ1) is 9.50. The first kappa shape index (κ1) is 14.5. The molecule has 0 aliphatic carbocycles. The maximum atomic E-state index is 12.2. The van der Waals surface area contributed by atoms with Gasteiger partial charge in [0.1, 0.15) is 12.2 Å². The first-order valence-electron chi connectivity index (χ1n) is 6.19. The summed E-state index contributed by atoms with van der Waals surface area (Å²) in [7, 11) is -3.53. The van der Waals surface area contributed by atoms with Crippen LogP contribution in [-0.4, -0.2) is 30.1 Å². The van der Waals surface area contributed by atoms with Crippen molar-refractivity contribution in [2.24, 2.45) is 0 Å². The molecule has 1 aromatic carbocycles. The number of nitrogens with two attached hydrogens (primary N) is 1. The van der Waals surface area contributed by atoms with Crippen molar-refractivity contribution in [2.45, 2.75) is 24.7 Å². The number of nitrogens with one attached hydrogen (secondary N) is 2. The molecular weight excluding hydrogens is 278 g/mol. The molecule has 108 valence electrons. The molecule has 0 bridgehead atoms. The van der Waals surface area contributed by atoms with Gasteiger partial charge in [-0.25, -0.2) is 18.1 Å². The Balaban J connectivity index is 1.95. The van der Waals surface area contributed by atoms with Crippen molar-refractivity contribution < 1.29 is 8.42 Å². The summed E-state index contributed by atoms with van der Waals surface area (Å²) in [6, 6.07) is 4.86. The van der Waals surface area contributed by atoms with Gasteiger partial charge in [0.25, 0.3) is 0 Å². The van der Waals surface area contributed by atoms with Crippen LogP contribution in [0.4, 0.5) is 5.69 Å². The molecule has 1 heterocycles. The number of aromatic nitrogens is 3. The number of benzene rings is 1. The number of H-pyrrole nitrogens is 1. The van der Waals surface area contributed by atoms with Gasteiger partial charge in [-0.15, -0.1) is 0 Å². The highest BCUT2D eigenvalue weighted by Crippen LogP contribution is 2.20. The summed E-state index contributed by atoms with van der Waals surface area (Å²) in [5, 5.41) is 6.46. The van der Waals surface area contributed by atoms with Crippen LogP contribution >= 0.6 is 0 Å². The maximum absolute atomic E-state index is 12.2. The van der Waals surface area contributed by atoms with Crippen molar-refractivity contribution in [3.63, 3.8) is 0 Å². The van der Waals surface area contributed by atoms with E-state index in [1.807, 2.05) is 0 Å². The van der Waals surface area contributed by atoms with Gasteiger partial charge in [-0.3, -0.25) is 5.10 Å². The molecule has 2 rings (SSSR count). The van der Waals surface area contributed by atoms with Crippen LogP contribution in [0.25, 0.3) is 0 Å². The Morgan fingerprint density at radius 1 is 1.40 bits per heavy atom. The highest BCUT2D eigenvalue weighted by molar-refractivity contribution is 7.89. The van der Waals surface area contributed by atoms with Crippen molar-refractivity contribution in [1.82, 2.24) is 19.9 Å². The Morgan fingerprint density at radius 3 is 2.90 bits per heavy atom. The van der Waals surface area contributed by atoms with Crippen molar-refractivity contribution >= 4 is 15.7 Å². The fourth-order valence-electron chi connectivity index (χ4n) is 1.81. The van der Waals surface area contributed by atoms with Gasteiger partial charge in [0.15, 0.2) is 0 Å². The predicted molar refractivity (Wildman–Crippen MR) is 75.5 cm³/mol. The van der Waals surface area contributed by atoms with Gasteiger partial charge >= 0.3 is 0 Å². The van der Waals surface area contributed by atoms with Gasteiger partial charge < -0.3 is 5.73 Å². The largest absolute Gasteiger partial charge is 0.398 e. The highest BCUT2D eigenvalue weighted by atomic mass is 32.2. The minimum atomic E-state index is -3.53. The molecule has 0 saturated heterocycles. The van der Waals surface area contributed by atoms with Gasteiger partial charge in [-0.1, -0.05) is 6.07 Å². The quantitative estimate of drug-likeness (QED) is 0.533. The van der Waals surface area contributed by atoms with E-state index < -0.39 is 10.0 Å². The molecule has 0 saturated carbocycles. The molecule has 2 aromatic rings. The van der Waals surface area contributed by atoms with E-state index in [-0.39, 0.29) is 4.90 Å². The summed E-state index contributed by atoms with van der Waals surface area (Å²) in [5.74, 6) is 0.740. The van der Waals surface area contributed by atoms with Crippen LogP contribution in [0.1, 0.15) is 17.8 Å². The van der Waals surface area contributed by atoms with Crippen LogP contribution in [0, 0.1) is 6.92 Å². The second-order valence-electron chi connectivity index (χ2n) is 4.40. The molecule has 4 N–H and O–H groups in total. The predicted octanol–water partition coefficient (Wildman–Crippen LogP) is 0.606. The maximum Gasteiger partial charge on any atom is 0.240 e. The number of nitrogen functional groups attached to an aromatic ring is 1. The van der Waals surface area contributed by atoms with Gasteiger partial charge in [-0.05, 0) is 31.0 Å². The fraction of sp³-hybridized carbons (Fsp3) is 0.333. The molecule has 0 aliphatic heterocycles. The zero-order chi connectivity index (χ0) is 14.6. The molecule has 8 heteroatoms. The highest BCUT2D eigenvalue weighted by Gasteiger charge is 2.17. The monoisotopic (exact) mass is 295 g/mol. The number of sulfonamides is 1. The van der Waals surface area contributed by atoms with Crippen molar-refractivity contribution in [1.29, 1.82) is 0 Å². The average Bonchev–Trinajstić information content (AvgIpc) is 2.91. The Bertz CT molecular complexity index is 667. The molecule has 0 fully saturated rings. The molecule has 20 heavy (non-hydrogen) atoms. The Labute approximate surface area is 117 Å². The summed E-state index contributed by atoms with van der Waals surface area (Å²) in [5.41, 5.74) is 6.76. The summed E-state index contributed by atoms with van der Waals surface area (Å²) in [6.45, 7) is 2.02. The Kier molecular flexibility index (Phi) is 4.35. The molecule has 0 amide bonds. The summed E-state index contributed by atoms with van der Waals surface area (Å²) < 4.78 is 26.9. The van der Waals surface area contributed by atoms with Crippen LogP contribution in [0.15, 0.2) is 29.4 Å². The van der Waals surface area contributed by atoms with E-state index in [0.29, 0.717) is 30.6 Å². The fourth-order valence-corrected chi connectivity index (χ4v) is 3.16. The van der Waals surface area contributed by atoms with E-state index >= 15 is 0 Å². The van der Waals surface area contributed by atoms with Gasteiger partial charge in [0.2, 0.25) is 10.0 Å². The minimum absolute atomic E-state index is 0.220. The molecule has 0 atom stereocenters. The van der Waals surface area contributed by atoms with Crippen LogP contribution in [-0.2, 0) is 16.4 Å². The van der Waals surface area contributed by atoms with E-state index in [0.717, 1.165) is 5.82 Å². The molecule has 0 radical (unpaired) electrons. The lowest BCUT2D eigenvalue weighted by Gasteiger charge is -2.10. The SMILES string of the molecule is Cc1c(N)cccc1S(=O)(=O)NCCCc1ncn[nH]1. The second-order valence-corrected chi connectivity index (χ2v) is 6.14. The number of anilines is 1. The summed E-state index contributed by atoms with van der Waals surface area (Å²) in [4.78, 5) is 4.19. The van der Waals surface area contributed by atoms with Crippen LogP contribution < -0.4 is 10.5 Å². The van der Waals surface area contributed by atoms with Crippen molar-refractivity contribution in [3.05, 3.63) is 35.9 Å². The molecule has 1 aromatic heterocycles. The zero-order valence-electron chi connectivity index (χ0n) is 11.1. The van der Waals surface area contributed by atoms with Crippen LogP contribution in [0.2, 0.25) is 0 Å². The number of nitrogens with zero attached hydrogens (tertiary/aromatic N) is 2. The molecule has 0 unspecified atom stereocenters. The number of aryl methyl sites for hydroxylation is 1. The van der Waals surface area contributed by atoms with Gasteiger partial charge in [0, 0.05) is 18.7 Å². The Hall–Kier alpha value is -1.93. The van der Waals surface area contributed by atoms with E-state index in [1.54, 1.807) is 25.1 Å².